The molecular weight excluding hydrogens is 214 g/mol. The molecule has 0 aliphatic heterocycles. The van der Waals surface area contributed by atoms with Crippen molar-refractivity contribution in [3.05, 3.63) is 30.5 Å². The fraction of sp³-hybridized carbons (Fsp3) is 0.200. The van der Waals surface area contributed by atoms with Gasteiger partial charge in [0.25, 0.3) is 0 Å². The number of rotatable bonds is 2. The van der Waals surface area contributed by atoms with Crippen LogP contribution < -0.4 is 4.74 Å². The Morgan fingerprint density at radius 3 is 2.60 bits per heavy atom. The molecular formula is C10H11NO3S. The van der Waals surface area contributed by atoms with Gasteiger partial charge >= 0.3 is 0 Å². The molecule has 0 aliphatic carbocycles. The maximum atomic E-state index is 11.5. The second kappa shape index (κ2) is 3.27. The molecule has 1 heterocycles. The smallest absolute Gasteiger partial charge is 0.236 e. The van der Waals surface area contributed by atoms with E-state index in [0.717, 1.165) is 5.39 Å². The molecule has 0 amide bonds. The highest BCUT2D eigenvalue weighted by Gasteiger charge is 2.12. The molecule has 0 fully saturated rings. The number of nitrogens with zero attached hydrogens (tertiary/aromatic N) is 1. The normalized spacial score (nSPS) is 11.9. The largest absolute Gasteiger partial charge is 0.495 e. The predicted octanol–water partition coefficient (Wildman–Crippen LogP) is 1.46. The van der Waals surface area contributed by atoms with Crippen LogP contribution in [-0.2, 0) is 10.0 Å². The first-order valence-corrected chi connectivity index (χ1v) is 6.23. The molecule has 0 unspecified atom stereocenters. The van der Waals surface area contributed by atoms with Gasteiger partial charge in [0.1, 0.15) is 11.3 Å². The van der Waals surface area contributed by atoms with Crippen molar-refractivity contribution in [2.24, 2.45) is 0 Å². The van der Waals surface area contributed by atoms with E-state index in [1.807, 2.05) is 12.1 Å². The maximum absolute atomic E-state index is 11.5. The third-order valence-electron chi connectivity index (χ3n) is 2.22. The van der Waals surface area contributed by atoms with Crippen LogP contribution in [0, 0.1) is 0 Å². The van der Waals surface area contributed by atoms with Gasteiger partial charge in [-0.1, -0.05) is 12.1 Å². The lowest BCUT2D eigenvalue weighted by molar-refractivity contribution is 0.418. The summed E-state index contributed by atoms with van der Waals surface area (Å²) >= 11 is 0. The molecule has 5 heteroatoms. The molecule has 80 valence electrons. The number of methoxy groups -OCH3 is 1. The molecule has 0 saturated carbocycles. The van der Waals surface area contributed by atoms with E-state index in [9.17, 15) is 8.42 Å². The molecule has 2 rings (SSSR count). The average molecular weight is 225 g/mol. The number of hydrogen-bond acceptors (Lipinski definition) is 3. The standard InChI is InChI=1S/C10H11NO3S/c1-14-9-5-3-4-8-6-7-11(10(8)9)15(2,12)13/h3-7H,1-2H3. The summed E-state index contributed by atoms with van der Waals surface area (Å²) in [4.78, 5) is 0. The minimum Gasteiger partial charge on any atom is -0.495 e. The number of aromatic nitrogens is 1. The average Bonchev–Trinajstić information content (AvgIpc) is 2.59. The minimum absolute atomic E-state index is 0.558. The van der Waals surface area contributed by atoms with E-state index in [1.54, 1.807) is 12.1 Å². The Bertz CT molecular complexity index is 598. The van der Waals surface area contributed by atoms with E-state index in [2.05, 4.69) is 0 Å². The monoisotopic (exact) mass is 225 g/mol. The van der Waals surface area contributed by atoms with Crippen molar-refractivity contribution in [1.29, 1.82) is 0 Å². The molecule has 0 spiro atoms. The highest BCUT2D eigenvalue weighted by atomic mass is 32.2. The first-order valence-electron chi connectivity index (χ1n) is 4.38. The number of ether oxygens (including phenoxy) is 1. The van der Waals surface area contributed by atoms with Crippen LogP contribution in [0.1, 0.15) is 0 Å². The van der Waals surface area contributed by atoms with Crippen LogP contribution in [0.25, 0.3) is 10.9 Å². The van der Waals surface area contributed by atoms with Crippen LogP contribution in [0.15, 0.2) is 30.5 Å². The molecule has 1 aromatic carbocycles. The maximum Gasteiger partial charge on any atom is 0.236 e. The summed E-state index contributed by atoms with van der Waals surface area (Å²) in [6.07, 6.45) is 2.70. The molecule has 1 aromatic heterocycles. The topological polar surface area (TPSA) is 48.3 Å². The van der Waals surface area contributed by atoms with Crippen molar-refractivity contribution in [3.8, 4) is 5.75 Å². The van der Waals surface area contributed by atoms with Crippen LogP contribution in [-0.4, -0.2) is 25.8 Å². The van der Waals surface area contributed by atoms with Gasteiger partial charge in [0.05, 0.1) is 13.4 Å². The van der Waals surface area contributed by atoms with Gasteiger partial charge in [-0.25, -0.2) is 12.4 Å². The van der Waals surface area contributed by atoms with Crippen LogP contribution in [0.2, 0.25) is 0 Å². The molecule has 0 atom stereocenters. The SMILES string of the molecule is COc1cccc2ccn(S(C)(=O)=O)c12. The third-order valence-corrected chi connectivity index (χ3v) is 3.24. The van der Waals surface area contributed by atoms with E-state index in [4.69, 9.17) is 4.74 Å². The van der Waals surface area contributed by atoms with Crippen molar-refractivity contribution in [2.45, 2.75) is 0 Å². The predicted molar refractivity (Wildman–Crippen MR) is 58.7 cm³/mol. The first kappa shape index (κ1) is 10.0. The van der Waals surface area contributed by atoms with E-state index in [0.29, 0.717) is 11.3 Å². The quantitative estimate of drug-likeness (QED) is 0.777. The molecule has 0 aliphatic rings. The fourth-order valence-electron chi connectivity index (χ4n) is 1.57. The van der Waals surface area contributed by atoms with Gasteiger partial charge in [-0.15, -0.1) is 0 Å². The van der Waals surface area contributed by atoms with Crippen LogP contribution >= 0.6 is 0 Å². The highest BCUT2D eigenvalue weighted by molar-refractivity contribution is 7.89. The van der Waals surface area contributed by atoms with E-state index < -0.39 is 10.0 Å². The van der Waals surface area contributed by atoms with Gasteiger partial charge in [-0.3, -0.25) is 0 Å². The van der Waals surface area contributed by atoms with Crippen molar-refractivity contribution in [1.82, 2.24) is 3.97 Å². The Labute approximate surface area is 88.1 Å². The summed E-state index contributed by atoms with van der Waals surface area (Å²) in [5, 5.41) is 0.847. The molecule has 0 radical (unpaired) electrons. The third kappa shape index (κ3) is 1.59. The zero-order valence-corrected chi connectivity index (χ0v) is 9.28. The van der Waals surface area contributed by atoms with Crippen molar-refractivity contribution in [3.63, 3.8) is 0 Å². The van der Waals surface area contributed by atoms with E-state index in [-0.39, 0.29) is 0 Å². The number of fused-ring (bicyclic) bond motifs is 1. The Kier molecular flexibility index (Phi) is 2.19. The summed E-state index contributed by atoms with van der Waals surface area (Å²) in [5.41, 5.74) is 0.586. The van der Waals surface area contributed by atoms with Gasteiger partial charge < -0.3 is 4.74 Å². The van der Waals surface area contributed by atoms with E-state index >= 15 is 0 Å². The fourth-order valence-corrected chi connectivity index (χ4v) is 2.38. The Hall–Kier alpha value is -1.49. The zero-order valence-electron chi connectivity index (χ0n) is 8.47. The molecule has 0 N–H and O–H groups in total. The zero-order chi connectivity index (χ0) is 11.1. The van der Waals surface area contributed by atoms with Gasteiger partial charge in [-0.2, -0.15) is 0 Å². The van der Waals surface area contributed by atoms with Crippen LogP contribution in [0.3, 0.4) is 0 Å². The second-order valence-corrected chi connectivity index (χ2v) is 5.13. The highest BCUT2D eigenvalue weighted by Crippen LogP contribution is 2.27. The number of para-hydroxylation sites is 1. The molecule has 2 aromatic rings. The van der Waals surface area contributed by atoms with Gasteiger partial charge in [-0.05, 0) is 12.1 Å². The van der Waals surface area contributed by atoms with Crippen molar-refractivity contribution < 1.29 is 13.2 Å². The van der Waals surface area contributed by atoms with Gasteiger partial charge in [0.2, 0.25) is 10.0 Å². The van der Waals surface area contributed by atoms with Gasteiger partial charge in [0, 0.05) is 11.6 Å². The lowest BCUT2D eigenvalue weighted by Crippen LogP contribution is -2.08. The summed E-state index contributed by atoms with van der Waals surface area (Å²) in [6.45, 7) is 0. The second-order valence-electron chi connectivity index (χ2n) is 3.27. The van der Waals surface area contributed by atoms with E-state index in [1.165, 1.54) is 23.5 Å². The summed E-state index contributed by atoms with van der Waals surface area (Å²) in [6, 6.07) is 7.16. The van der Waals surface area contributed by atoms with Crippen LogP contribution in [0.5, 0.6) is 5.75 Å². The summed E-state index contributed by atoms with van der Waals surface area (Å²) in [7, 11) is -1.76. The number of hydrogen-bond donors (Lipinski definition) is 0. The van der Waals surface area contributed by atoms with Crippen LogP contribution in [0.4, 0.5) is 0 Å². The Morgan fingerprint density at radius 2 is 2.00 bits per heavy atom. The summed E-state index contributed by atoms with van der Waals surface area (Å²) < 4.78 is 29.3. The van der Waals surface area contributed by atoms with Crippen molar-refractivity contribution >= 4 is 20.9 Å². The Morgan fingerprint density at radius 1 is 1.27 bits per heavy atom. The van der Waals surface area contributed by atoms with Crippen molar-refractivity contribution in [2.75, 3.05) is 13.4 Å². The molecule has 4 nitrogen and oxygen atoms in total. The summed E-state index contributed by atoms with van der Waals surface area (Å²) in [5.74, 6) is 0.558. The Balaban J connectivity index is 2.89. The molecule has 0 bridgehead atoms. The lowest BCUT2D eigenvalue weighted by atomic mass is 10.2. The lowest BCUT2D eigenvalue weighted by Gasteiger charge is -2.06. The molecule has 15 heavy (non-hydrogen) atoms. The molecule has 0 saturated heterocycles. The minimum atomic E-state index is -3.28. The number of benzene rings is 1. The van der Waals surface area contributed by atoms with Gasteiger partial charge in [0.15, 0.2) is 0 Å². The first-order chi connectivity index (χ1) is 7.04.